The molecule has 0 aliphatic rings. The lowest BCUT2D eigenvalue weighted by Gasteiger charge is -1.88. The topological polar surface area (TPSA) is 29.3 Å². The molecule has 0 aliphatic carbocycles. The van der Waals surface area contributed by atoms with Crippen LogP contribution in [0.3, 0.4) is 0 Å². The van der Waals surface area contributed by atoms with Crippen LogP contribution < -0.4 is 5.32 Å². The first-order valence-electron chi connectivity index (χ1n) is 4.97. The first kappa shape index (κ1) is 10.7. The number of hydrogen-bond acceptors (Lipinski definition) is 2. The van der Waals surface area contributed by atoms with Crippen LogP contribution in [0.1, 0.15) is 19.5 Å². The van der Waals surface area contributed by atoms with Gasteiger partial charge < -0.3 is 9.72 Å². The average Bonchev–Trinajstić information content (AvgIpc) is 2.63. The summed E-state index contributed by atoms with van der Waals surface area (Å²) in [5, 5.41) is 3.07. The zero-order valence-corrected chi connectivity index (χ0v) is 8.99. The van der Waals surface area contributed by atoms with Crippen LogP contribution in [0.5, 0.6) is 0 Å². The summed E-state index contributed by atoms with van der Waals surface area (Å²) < 4.78 is 2.02. The molecule has 0 fully saturated rings. The van der Waals surface area contributed by atoms with Gasteiger partial charge in [-0.05, 0) is 19.2 Å². The Kier molecular flexibility index (Phi) is 4.13. The Morgan fingerprint density at radius 2 is 2.14 bits per heavy atom. The van der Waals surface area contributed by atoms with Crippen LogP contribution in [0.15, 0.2) is 30.6 Å². The highest BCUT2D eigenvalue weighted by Gasteiger charge is 1.97. The second kappa shape index (κ2) is 5.40. The van der Waals surface area contributed by atoms with Crippen molar-refractivity contribution in [2.24, 2.45) is 0 Å². The molecule has 14 heavy (non-hydrogen) atoms. The van der Waals surface area contributed by atoms with Gasteiger partial charge in [0.25, 0.3) is 0 Å². The summed E-state index contributed by atoms with van der Waals surface area (Å²) in [6.07, 6.45) is 4.04. The molecule has 0 aliphatic heterocycles. The van der Waals surface area contributed by atoms with Crippen molar-refractivity contribution in [3.05, 3.63) is 36.3 Å². The van der Waals surface area contributed by atoms with E-state index < -0.39 is 0 Å². The molecule has 2 heterocycles. The normalized spacial score (nSPS) is 9.64. The van der Waals surface area contributed by atoms with Gasteiger partial charge in [0.05, 0.1) is 5.69 Å². The molecule has 2 aromatic rings. The van der Waals surface area contributed by atoms with E-state index in [4.69, 9.17) is 0 Å². The molecule has 2 aromatic heterocycles. The van der Waals surface area contributed by atoms with Crippen LogP contribution in [0.4, 0.5) is 0 Å². The van der Waals surface area contributed by atoms with Gasteiger partial charge in [0.15, 0.2) is 0 Å². The van der Waals surface area contributed by atoms with E-state index >= 15 is 0 Å². The predicted octanol–water partition coefficient (Wildman–Crippen LogP) is 2.08. The van der Waals surface area contributed by atoms with Crippen molar-refractivity contribution in [2.75, 3.05) is 7.05 Å². The van der Waals surface area contributed by atoms with E-state index in [-0.39, 0.29) is 0 Å². The average molecular weight is 191 g/mol. The zero-order valence-electron chi connectivity index (χ0n) is 8.99. The summed E-state index contributed by atoms with van der Waals surface area (Å²) in [6, 6.07) is 5.99. The molecule has 76 valence electrons. The van der Waals surface area contributed by atoms with Crippen molar-refractivity contribution in [1.82, 2.24) is 14.7 Å². The third kappa shape index (κ3) is 2.33. The van der Waals surface area contributed by atoms with Gasteiger partial charge in [0.2, 0.25) is 0 Å². The van der Waals surface area contributed by atoms with Gasteiger partial charge in [0.1, 0.15) is 5.65 Å². The Hall–Kier alpha value is -1.35. The largest absolute Gasteiger partial charge is 0.314 e. The fourth-order valence-electron chi connectivity index (χ4n) is 1.25. The number of fused-ring (bicyclic) bond motifs is 1. The predicted molar refractivity (Wildman–Crippen MR) is 59.3 cm³/mol. The molecule has 2 rings (SSSR count). The van der Waals surface area contributed by atoms with E-state index in [2.05, 4.69) is 10.3 Å². The molecular formula is C11H17N3. The fraction of sp³-hybridized carbons (Fsp3) is 0.364. The summed E-state index contributed by atoms with van der Waals surface area (Å²) in [4.78, 5) is 4.40. The van der Waals surface area contributed by atoms with Gasteiger partial charge in [-0.2, -0.15) is 0 Å². The maximum Gasteiger partial charge on any atom is 0.137 e. The van der Waals surface area contributed by atoms with Crippen molar-refractivity contribution in [3.8, 4) is 0 Å². The highest BCUT2D eigenvalue weighted by molar-refractivity contribution is 5.39. The van der Waals surface area contributed by atoms with Crippen molar-refractivity contribution in [3.63, 3.8) is 0 Å². The second-order valence-electron chi connectivity index (χ2n) is 2.73. The second-order valence-corrected chi connectivity index (χ2v) is 2.73. The van der Waals surface area contributed by atoms with Crippen LogP contribution in [-0.2, 0) is 6.54 Å². The maximum atomic E-state index is 4.40. The molecule has 0 unspecified atom stereocenters. The van der Waals surface area contributed by atoms with Gasteiger partial charge in [-0.15, -0.1) is 0 Å². The monoisotopic (exact) mass is 191 g/mol. The quantitative estimate of drug-likeness (QED) is 0.787. The lowest BCUT2D eigenvalue weighted by Crippen LogP contribution is -2.04. The molecule has 0 atom stereocenters. The van der Waals surface area contributed by atoms with Crippen LogP contribution >= 0.6 is 0 Å². The Labute approximate surface area is 84.8 Å². The summed E-state index contributed by atoms with van der Waals surface area (Å²) >= 11 is 0. The molecule has 0 amide bonds. The van der Waals surface area contributed by atoms with Gasteiger partial charge in [-0.1, -0.05) is 19.9 Å². The smallest absolute Gasteiger partial charge is 0.137 e. The van der Waals surface area contributed by atoms with E-state index in [1.54, 1.807) is 0 Å². The fourth-order valence-corrected chi connectivity index (χ4v) is 1.25. The summed E-state index contributed by atoms with van der Waals surface area (Å²) in [5.74, 6) is 0. The van der Waals surface area contributed by atoms with E-state index in [1.807, 2.05) is 55.9 Å². The summed E-state index contributed by atoms with van der Waals surface area (Å²) in [6.45, 7) is 4.82. The number of hydrogen-bond donors (Lipinski definition) is 1. The number of nitrogens with zero attached hydrogens (tertiary/aromatic N) is 2. The Bertz CT molecular complexity index is 346. The summed E-state index contributed by atoms with van der Waals surface area (Å²) in [7, 11) is 1.92. The Morgan fingerprint density at radius 3 is 2.79 bits per heavy atom. The van der Waals surface area contributed by atoms with Crippen molar-refractivity contribution in [1.29, 1.82) is 0 Å². The number of pyridine rings is 1. The number of rotatable bonds is 2. The Balaban J connectivity index is 0.000000461. The minimum Gasteiger partial charge on any atom is -0.314 e. The van der Waals surface area contributed by atoms with Gasteiger partial charge in [0, 0.05) is 18.9 Å². The van der Waals surface area contributed by atoms with Crippen LogP contribution in [0.25, 0.3) is 5.65 Å². The lowest BCUT2D eigenvalue weighted by atomic mass is 10.5. The minimum atomic E-state index is 0.821. The van der Waals surface area contributed by atoms with E-state index in [0.29, 0.717) is 0 Å². The van der Waals surface area contributed by atoms with E-state index in [9.17, 15) is 0 Å². The number of aromatic nitrogens is 2. The molecule has 3 nitrogen and oxygen atoms in total. The summed E-state index contributed by atoms with van der Waals surface area (Å²) in [5.41, 5.74) is 2.08. The van der Waals surface area contributed by atoms with Crippen LogP contribution in [0, 0.1) is 0 Å². The third-order valence-corrected chi connectivity index (χ3v) is 1.77. The zero-order chi connectivity index (χ0) is 10.4. The van der Waals surface area contributed by atoms with Crippen LogP contribution in [0.2, 0.25) is 0 Å². The molecule has 3 heteroatoms. The van der Waals surface area contributed by atoms with E-state index in [0.717, 1.165) is 17.9 Å². The highest BCUT2D eigenvalue weighted by Crippen LogP contribution is 2.03. The standard InChI is InChI=1S/C9H11N3.C2H6/c1-10-6-8-7-12-5-3-2-4-9(12)11-8;1-2/h2-5,7,10H,6H2,1H3;1-2H3. The van der Waals surface area contributed by atoms with Crippen LogP contribution in [-0.4, -0.2) is 16.4 Å². The van der Waals surface area contributed by atoms with Crippen molar-refractivity contribution in [2.45, 2.75) is 20.4 Å². The molecule has 0 saturated carbocycles. The number of nitrogens with one attached hydrogen (secondary N) is 1. The van der Waals surface area contributed by atoms with Crippen molar-refractivity contribution < 1.29 is 0 Å². The minimum absolute atomic E-state index is 0.821. The lowest BCUT2D eigenvalue weighted by molar-refractivity contribution is 0.798. The molecule has 0 radical (unpaired) electrons. The first-order chi connectivity index (χ1) is 6.90. The highest BCUT2D eigenvalue weighted by atomic mass is 15.0. The molecule has 0 saturated heterocycles. The third-order valence-electron chi connectivity index (χ3n) is 1.77. The van der Waals surface area contributed by atoms with Gasteiger partial charge in [-0.25, -0.2) is 4.98 Å². The number of imidazole rings is 1. The SMILES string of the molecule is CC.CNCc1cn2ccccc2n1. The molecule has 0 aromatic carbocycles. The first-order valence-corrected chi connectivity index (χ1v) is 4.97. The molecule has 1 N–H and O–H groups in total. The van der Waals surface area contributed by atoms with E-state index in [1.165, 1.54) is 0 Å². The Morgan fingerprint density at radius 1 is 1.36 bits per heavy atom. The molecule has 0 bridgehead atoms. The van der Waals surface area contributed by atoms with Gasteiger partial charge in [-0.3, -0.25) is 0 Å². The van der Waals surface area contributed by atoms with Gasteiger partial charge >= 0.3 is 0 Å². The molecule has 0 spiro atoms. The maximum absolute atomic E-state index is 4.40. The van der Waals surface area contributed by atoms with Crippen molar-refractivity contribution >= 4 is 5.65 Å². The molecular weight excluding hydrogens is 174 g/mol.